The highest BCUT2D eigenvalue weighted by atomic mass is 16.3. The van der Waals surface area contributed by atoms with Gasteiger partial charge in [0.25, 0.3) is 0 Å². The second kappa shape index (κ2) is 4.33. The molecular weight excluding hydrogens is 186 g/mol. The molecule has 0 radical (unpaired) electrons. The van der Waals surface area contributed by atoms with Gasteiger partial charge in [-0.3, -0.25) is 0 Å². The molecule has 0 spiro atoms. The van der Waals surface area contributed by atoms with Gasteiger partial charge in [-0.1, -0.05) is 24.3 Å². The Morgan fingerprint density at radius 1 is 1.33 bits per heavy atom. The molecule has 2 rings (SSSR count). The molecule has 0 aliphatic heterocycles. The van der Waals surface area contributed by atoms with Crippen molar-refractivity contribution in [3.8, 4) is 0 Å². The summed E-state index contributed by atoms with van der Waals surface area (Å²) in [5.41, 5.74) is 2.47. The van der Waals surface area contributed by atoms with E-state index in [2.05, 4.69) is 37.2 Å². The maximum absolute atomic E-state index is 10.1. The fraction of sp³-hybridized carbons (Fsp3) is 0.538. The number of hydrogen-bond acceptors (Lipinski definition) is 2. The highest BCUT2D eigenvalue weighted by Gasteiger charge is 2.29. The average molecular weight is 205 g/mol. The van der Waals surface area contributed by atoms with Crippen molar-refractivity contribution >= 4 is 0 Å². The van der Waals surface area contributed by atoms with E-state index >= 15 is 0 Å². The van der Waals surface area contributed by atoms with Crippen LogP contribution in [0.25, 0.3) is 0 Å². The number of nitrogens with zero attached hydrogens (tertiary/aromatic N) is 1. The van der Waals surface area contributed by atoms with Gasteiger partial charge < -0.3 is 10.0 Å². The van der Waals surface area contributed by atoms with E-state index in [-0.39, 0.29) is 6.10 Å². The molecule has 1 N–H and O–H groups in total. The molecule has 0 unspecified atom stereocenters. The molecule has 82 valence electrons. The van der Waals surface area contributed by atoms with E-state index in [4.69, 9.17) is 0 Å². The van der Waals surface area contributed by atoms with E-state index in [0.717, 1.165) is 24.9 Å². The molecule has 0 saturated heterocycles. The van der Waals surface area contributed by atoms with E-state index in [0.29, 0.717) is 5.92 Å². The van der Waals surface area contributed by atoms with Gasteiger partial charge in [0.1, 0.15) is 0 Å². The Labute approximate surface area is 91.5 Å². The van der Waals surface area contributed by atoms with Gasteiger partial charge in [0.05, 0.1) is 6.10 Å². The maximum Gasteiger partial charge on any atom is 0.0824 e. The van der Waals surface area contributed by atoms with Crippen LogP contribution in [0.2, 0.25) is 0 Å². The molecular formula is C13H19NO. The van der Waals surface area contributed by atoms with Crippen LogP contribution in [-0.2, 0) is 6.42 Å². The Balaban J connectivity index is 2.03. The van der Waals surface area contributed by atoms with Crippen LogP contribution in [0.4, 0.5) is 0 Å². The predicted octanol–water partition coefficient (Wildman–Crippen LogP) is 1.84. The second-order valence-corrected chi connectivity index (χ2v) is 4.70. The lowest BCUT2D eigenvalue weighted by atomic mass is 9.99. The van der Waals surface area contributed by atoms with Crippen LogP contribution in [0.3, 0.4) is 0 Å². The predicted molar refractivity (Wildman–Crippen MR) is 61.8 cm³/mol. The lowest BCUT2D eigenvalue weighted by Gasteiger charge is -2.17. The average Bonchev–Trinajstić information content (AvgIpc) is 2.54. The zero-order valence-electron chi connectivity index (χ0n) is 9.48. The number of aliphatic hydroxyl groups excluding tert-OH is 1. The summed E-state index contributed by atoms with van der Waals surface area (Å²) < 4.78 is 0. The van der Waals surface area contributed by atoms with Crippen LogP contribution in [0.15, 0.2) is 24.3 Å². The Hall–Kier alpha value is -0.860. The van der Waals surface area contributed by atoms with E-state index in [9.17, 15) is 5.11 Å². The maximum atomic E-state index is 10.1. The normalized spacial score (nSPS) is 24.5. The fourth-order valence-electron chi connectivity index (χ4n) is 2.34. The number of aliphatic hydroxyl groups is 1. The SMILES string of the molecule is CN(C)CC[C@H]1Cc2ccccc2[C@H]1O. The van der Waals surface area contributed by atoms with Crippen molar-refractivity contribution in [2.45, 2.75) is 18.9 Å². The highest BCUT2D eigenvalue weighted by Crippen LogP contribution is 2.37. The van der Waals surface area contributed by atoms with E-state index in [1.54, 1.807) is 0 Å². The molecule has 2 heteroatoms. The van der Waals surface area contributed by atoms with Crippen molar-refractivity contribution in [2.24, 2.45) is 5.92 Å². The van der Waals surface area contributed by atoms with Crippen molar-refractivity contribution in [3.63, 3.8) is 0 Å². The molecule has 0 bridgehead atoms. The molecule has 0 saturated carbocycles. The first-order valence-corrected chi connectivity index (χ1v) is 5.59. The zero-order valence-corrected chi connectivity index (χ0v) is 9.48. The summed E-state index contributed by atoms with van der Waals surface area (Å²) in [5.74, 6) is 0.407. The minimum Gasteiger partial charge on any atom is -0.388 e. The first-order chi connectivity index (χ1) is 7.18. The summed E-state index contributed by atoms with van der Waals surface area (Å²) in [6.07, 6.45) is 1.86. The van der Waals surface area contributed by atoms with Gasteiger partial charge >= 0.3 is 0 Å². The van der Waals surface area contributed by atoms with Crippen LogP contribution < -0.4 is 0 Å². The van der Waals surface area contributed by atoms with Gasteiger partial charge in [0, 0.05) is 0 Å². The molecule has 15 heavy (non-hydrogen) atoms. The number of fused-ring (bicyclic) bond motifs is 1. The number of hydrogen-bond donors (Lipinski definition) is 1. The van der Waals surface area contributed by atoms with E-state index in [1.807, 2.05) is 6.07 Å². The number of benzene rings is 1. The quantitative estimate of drug-likeness (QED) is 0.814. The van der Waals surface area contributed by atoms with Crippen molar-refractivity contribution in [2.75, 3.05) is 20.6 Å². The number of rotatable bonds is 3. The van der Waals surface area contributed by atoms with Gasteiger partial charge in [-0.15, -0.1) is 0 Å². The first-order valence-electron chi connectivity index (χ1n) is 5.59. The zero-order chi connectivity index (χ0) is 10.8. The third-order valence-corrected chi connectivity index (χ3v) is 3.25. The van der Waals surface area contributed by atoms with Crippen LogP contribution in [0.5, 0.6) is 0 Å². The third kappa shape index (κ3) is 2.21. The van der Waals surface area contributed by atoms with Gasteiger partial charge in [0.2, 0.25) is 0 Å². The van der Waals surface area contributed by atoms with Crippen LogP contribution in [0.1, 0.15) is 23.7 Å². The topological polar surface area (TPSA) is 23.5 Å². The minimum absolute atomic E-state index is 0.249. The molecule has 1 aliphatic carbocycles. The summed E-state index contributed by atoms with van der Waals surface area (Å²) >= 11 is 0. The van der Waals surface area contributed by atoms with Gasteiger partial charge in [0.15, 0.2) is 0 Å². The molecule has 2 atom stereocenters. The van der Waals surface area contributed by atoms with Crippen molar-refractivity contribution < 1.29 is 5.11 Å². The standard InChI is InChI=1S/C13H19NO/c1-14(2)8-7-11-9-10-5-3-4-6-12(10)13(11)15/h3-6,11,13,15H,7-9H2,1-2H3/t11-,13-/m0/s1. The molecule has 1 aliphatic rings. The second-order valence-electron chi connectivity index (χ2n) is 4.70. The molecule has 1 aromatic rings. The van der Waals surface area contributed by atoms with Crippen LogP contribution in [-0.4, -0.2) is 30.6 Å². The minimum atomic E-state index is -0.249. The summed E-state index contributed by atoms with van der Waals surface area (Å²) in [6.45, 7) is 1.05. The lowest BCUT2D eigenvalue weighted by Crippen LogP contribution is -2.18. The Kier molecular flexibility index (Phi) is 3.08. The molecule has 0 aromatic heterocycles. The largest absolute Gasteiger partial charge is 0.388 e. The van der Waals surface area contributed by atoms with Crippen LogP contribution in [0, 0.1) is 5.92 Å². The van der Waals surface area contributed by atoms with Crippen molar-refractivity contribution in [1.82, 2.24) is 4.90 Å². The molecule has 2 nitrogen and oxygen atoms in total. The van der Waals surface area contributed by atoms with E-state index in [1.165, 1.54) is 5.56 Å². The monoisotopic (exact) mass is 205 g/mol. The smallest absolute Gasteiger partial charge is 0.0824 e. The van der Waals surface area contributed by atoms with Crippen molar-refractivity contribution in [3.05, 3.63) is 35.4 Å². The molecule has 0 amide bonds. The molecule has 1 aromatic carbocycles. The van der Waals surface area contributed by atoms with Crippen LogP contribution >= 0.6 is 0 Å². The molecule has 0 fully saturated rings. The molecule has 0 heterocycles. The van der Waals surface area contributed by atoms with Gasteiger partial charge in [-0.2, -0.15) is 0 Å². The fourth-order valence-corrected chi connectivity index (χ4v) is 2.34. The summed E-state index contributed by atoms with van der Waals surface area (Å²) in [7, 11) is 4.16. The Morgan fingerprint density at radius 2 is 2.07 bits per heavy atom. The van der Waals surface area contributed by atoms with Gasteiger partial charge in [-0.25, -0.2) is 0 Å². The van der Waals surface area contributed by atoms with Gasteiger partial charge in [-0.05, 0) is 50.5 Å². The van der Waals surface area contributed by atoms with Crippen molar-refractivity contribution in [1.29, 1.82) is 0 Å². The first kappa shape index (κ1) is 10.7. The Morgan fingerprint density at radius 3 is 2.73 bits per heavy atom. The summed E-state index contributed by atoms with van der Waals surface area (Å²) in [6, 6.07) is 8.25. The highest BCUT2D eigenvalue weighted by molar-refractivity contribution is 5.34. The Bertz CT molecular complexity index is 335. The summed E-state index contributed by atoms with van der Waals surface area (Å²) in [5, 5.41) is 10.1. The third-order valence-electron chi connectivity index (χ3n) is 3.25. The van der Waals surface area contributed by atoms with E-state index < -0.39 is 0 Å². The summed E-state index contributed by atoms with van der Waals surface area (Å²) in [4.78, 5) is 2.18. The lowest BCUT2D eigenvalue weighted by molar-refractivity contribution is 0.113.